The molecule has 2 aliphatic rings. The van der Waals surface area contributed by atoms with Gasteiger partial charge in [-0.3, -0.25) is 0 Å². The van der Waals surface area contributed by atoms with Crippen LogP contribution in [-0.4, -0.2) is 6.71 Å². The van der Waals surface area contributed by atoms with E-state index in [1.807, 2.05) is 22.7 Å². The molecule has 4 heterocycles. The Kier molecular flexibility index (Phi) is 14.6. The van der Waals surface area contributed by atoms with Crippen LogP contribution < -0.4 is 26.2 Å². The zero-order chi connectivity index (χ0) is 67.4. The van der Waals surface area contributed by atoms with Crippen LogP contribution in [0.4, 0.5) is 34.1 Å². The van der Waals surface area contributed by atoms with Gasteiger partial charge in [-0.05, 0) is 177 Å². The van der Waals surface area contributed by atoms with Crippen molar-refractivity contribution >= 4 is 120 Å². The smallest absolute Gasteiger partial charge is 0.252 e. The summed E-state index contributed by atoms with van der Waals surface area (Å²) in [6, 6.07) is 94.7. The minimum atomic E-state index is -0.292. The molecule has 12 aromatic carbocycles. The van der Waals surface area contributed by atoms with E-state index in [2.05, 4.69) is 356 Å². The van der Waals surface area contributed by atoms with E-state index in [1.54, 1.807) is 0 Å². The summed E-state index contributed by atoms with van der Waals surface area (Å²) in [6.07, 6.45) is 0. The first-order valence-electron chi connectivity index (χ1n) is 34.7. The van der Waals surface area contributed by atoms with Gasteiger partial charge in [-0.15, -0.1) is 22.7 Å². The van der Waals surface area contributed by atoms with Crippen molar-refractivity contribution in [1.82, 2.24) is 0 Å². The molecule has 16 rings (SSSR count). The second-order valence-electron chi connectivity index (χ2n) is 32.5. The SMILES string of the molecule is CC(C)(C)c1ccc(-c2ccc3c(c2)B2c4ccc(C(C)(C)C)cc4N(c4c(-c5ccccc5)cc(C(C)(C)C)cc4-c4ccccc4)c4cc(C(C)(C)C)cc(c42)N3c2c(-c3cccc4sc5ccccc5c34)cc(C(C)(C)C)cc2-c2cccc3sc4ccccc4c23)cc1. The maximum Gasteiger partial charge on any atom is 0.252 e. The first kappa shape index (κ1) is 62.5. The van der Waals surface area contributed by atoms with E-state index in [0.717, 1.165) is 0 Å². The summed E-state index contributed by atoms with van der Waals surface area (Å²) in [5, 5.41) is 5.17. The predicted molar refractivity (Wildman–Crippen MR) is 427 cm³/mol. The fourth-order valence-electron chi connectivity index (χ4n) is 15.4. The fourth-order valence-corrected chi connectivity index (χ4v) is 17.7. The Morgan fingerprint density at radius 1 is 0.258 bits per heavy atom. The second kappa shape index (κ2) is 22.7. The van der Waals surface area contributed by atoms with Gasteiger partial charge < -0.3 is 9.80 Å². The Morgan fingerprint density at radius 3 is 1.13 bits per heavy atom. The van der Waals surface area contributed by atoms with Crippen molar-refractivity contribution < 1.29 is 0 Å². The molecule has 2 nitrogen and oxygen atoms in total. The summed E-state index contributed by atoms with van der Waals surface area (Å²) in [4.78, 5) is 5.54. The van der Waals surface area contributed by atoms with Crippen molar-refractivity contribution in [2.24, 2.45) is 0 Å². The van der Waals surface area contributed by atoms with Crippen molar-refractivity contribution in [1.29, 1.82) is 0 Å². The highest BCUT2D eigenvalue weighted by atomic mass is 32.1. The topological polar surface area (TPSA) is 6.48 Å². The van der Waals surface area contributed by atoms with Gasteiger partial charge in [0, 0.05) is 85.3 Å². The molecule has 0 fully saturated rings. The summed E-state index contributed by atoms with van der Waals surface area (Å²) in [5.41, 5.74) is 28.8. The molecule has 0 aliphatic carbocycles. The standard InChI is InChI=1S/C92H85BN2S2/c1-88(2,3)60-43-40-56(41-44-60)59-42-47-75-74(48-59)93-73-46-45-61(89(4,5)6)53-76(73)95(86-69(57-28-18-16-19-29-57)49-62(90(7,8)9)50-70(86)58-30-20-17-21-31-58)78-55-64(92(13,14)15)54-77(85(78)93)94(75)87-71(65-34-26-38-81-83(65)67-32-22-24-36-79(67)96-81)51-63(91(10,11)12)52-72(87)66-35-27-39-82-84(66)68-33-23-25-37-80(68)97-82/h16-55H,1-15H3. The molecule has 478 valence electrons. The molecule has 2 aliphatic heterocycles. The minimum Gasteiger partial charge on any atom is -0.310 e. The van der Waals surface area contributed by atoms with Crippen molar-refractivity contribution in [3.05, 3.63) is 270 Å². The average Bonchev–Trinajstić information content (AvgIpc) is 0.914. The van der Waals surface area contributed by atoms with E-state index in [1.165, 1.54) is 174 Å². The van der Waals surface area contributed by atoms with E-state index >= 15 is 0 Å². The largest absolute Gasteiger partial charge is 0.310 e. The van der Waals surface area contributed by atoms with Crippen LogP contribution in [0.5, 0.6) is 0 Å². The molecule has 0 N–H and O–H groups in total. The number of hydrogen-bond donors (Lipinski definition) is 0. The normalized spacial score (nSPS) is 13.5. The van der Waals surface area contributed by atoms with Gasteiger partial charge in [0.05, 0.1) is 11.4 Å². The zero-order valence-corrected chi connectivity index (χ0v) is 60.5. The Hall–Kier alpha value is -9.26. The Bertz CT molecular complexity index is 5280. The summed E-state index contributed by atoms with van der Waals surface area (Å²) < 4.78 is 5.16. The maximum absolute atomic E-state index is 2.79. The quantitative estimate of drug-likeness (QED) is 0.147. The van der Waals surface area contributed by atoms with Gasteiger partial charge in [-0.25, -0.2) is 0 Å². The van der Waals surface area contributed by atoms with Crippen LogP contribution in [0.1, 0.15) is 132 Å². The Balaban J connectivity index is 1.12. The molecule has 0 spiro atoms. The molecule has 0 saturated heterocycles. The summed E-state index contributed by atoms with van der Waals surface area (Å²) >= 11 is 3.80. The van der Waals surface area contributed by atoms with Crippen LogP contribution in [0.3, 0.4) is 0 Å². The van der Waals surface area contributed by atoms with Gasteiger partial charge in [0.25, 0.3) is 6.71 Å². The second-order valence-corrected chi connectivity index (χ2v) is 34.7. The first-order valence-corrected chi connectivity index (χ1v) is 36.4. The van der Waals surface area contributed by atoms with Crippen molar-refractivity contribution in [2.75, 3.05) is 9.80 Å². The lowest BCUT2D eigenvalue weighted by atomic mass is 9.33. The molecule has 5 heteroatoms. The number of benzene rings is 12. The summed E-state index contributed by atoms with van der Waals surface area (Å²) in [5.74, 6) is 0. The van der Waals surface area contributed by atoms with E-state index in [-0.39, 0.29) is 33.8 Å². The summed E-state index contributed by atoms with van der Waals surface area (Å²) in [7, 11) is 0. The predicted octanol–water partition coefficient (Wildman–Crippen LogP) is 25.3. The van der Waals surface area contributed by atoms with Crippen LogP contribution in [0, 0.1) is 0 Å². The third-order valence-corrected chi connectivity index (χ3v) is 23.1. The van der Waals surface area contributed by atoms with Crippen LogP contribution in [0.15, 0.2) is 243 Å². The molecule has 0 unspecified atom stereocenters. The average molecular weight is 1290 g/mol. The number of hydrogen-bond acceptors (Lipinski definition) is 4. The molecule has 0 amide bonds. The van der Waals surface area contributed by atoms with Crippen LogP contribution >= 0.6 is 22.7 Å². The third kappa shape index (κ3) is 10.6. The van der Waals surface area contributed by atoms with Crippen molar-refractivity contribution in [2.45, 2.75) is 131 Å². The van der Waals surface area contributed by atoms with Gasteiger partial charge in [0.2, 0.25) is 0 Å². The van der Waals surface area contributed by atoms with E-state index < -0.39 is 0 Å². The number of rotatable bonds is 7. The fraction of sp³-hybridized carbons (Fsp3) is 0.217. The highest BCUT2D eigenvalue weighted by Gasteiger charge is 2.47. The number of anilines is 6. The number of nitrogens with zero attached hydrogens (tertiary/aromatic N) is 2. The van der Waals surface area contributed by atoms with Crippen LogP contribution in [0.25, 0.3) is 96.0 Å². The van der Waals surface area contributed by atoms with E-state index in [4.69, 9.17) is 0 Å². The minimum absolute atomic E-state index is 0.00947. The molecule has 0 atom stereocenters. The lowest BCUT2D eigenvalue weighted by Gasteiger charge is -2.47. The lowest BCUT2D eigenvalue weighted by molar-refractivity contribution is 0.589. The molecular formula is C92H85BN2S2. The molecule has 0 radical (unpaired) electrons. The highest BCUT2D eigenvalue weighted by molar-refractivity contribution is 7.26. The first-order chi connectivity index (χ1) is 46.3. The molecule has 14 aromatic rings. The van der Waals surface area contributed by atoms with Gasteiger partial charge in [-0.2, -0.15) is 0 Å². The van der Waals surface area contributed by atoms with E-state index in [9.17, 15) is 0 Å². The monoisotopic (exact) mass is 1290 g/mol. The Labute approximate surface area is 583 Å². The number of fused-ring (bicyclic) bond motifs is 10. The highest BCUT2D eigenvalue weighted by Crippen LogP contribution is 2.57. The Morgan fingerprint density at radius 2 is 0.649 bits per heavy atom. The maximum atomic E-state index is 2.79. The van der Waals surface area contributed by atoms with Crippen LogP contribution in [0.2, 0.25) is 0 Å². The zero-order valence-electron chi connectivity index (χ0n) is 58.9. The lowest BCUT2D eigenvalue weighted by Crippen LogP contribution is -2.61. The van der Waals surface area contributed by atoms with Gasteiger partial charge in [0.15, 0.2) is 0 Å². The third-order valence-electron chi connectivity index (χ3n) is 20.8. The number of thiophene rings is 2. The molecule has 0 saturated carbocycles. The van der Waals surface area contributed by atoms with Crippen molar-refractivity contribution in [3.8, 4) is 55.6 Å². The molecular weight excluding hydrogens is 1210 g/mol. The molecule has 2 aromatic heterocycles. The van der Waals surface area contributed by atoms with Crippen LogP contribution in [-0.2, 0) is 27.1 Å². The summed E-state index contributed by atoms with van der Waals surface area (Å²) in [6.45, 7) is 35.4. The molecule has 0 bridgehead atoms. The van der Waals surface area contributed by atoms with Gasteiger partial charge >= 0.3 is 0 Å². The van der Waals surface area contributed by atoms with Gasteiger partial charge in [-0.1, -0.05) is 274 Å². The molecule has 97 heavy (non-hydrogen) atoms. The van der Waals surface area contributed by atoms with Gasteiger partial charge in [0.1, 0.15) is 0 Å². The van der Waals surface area contributed by atoms with Crippen molar-refractivity contribution in [3.63, 3.8) is 0 Å². The van der Waals surface area contributed by atoms with E-state index in [0.29, 0.717) is 0 Å².